The number of anilines is 1. The zero-order valence-corrected chi connectivity index (χ0v) is 21.1. The summed E-state index contributed by atoms with van der Waals surface area (Å²) in [7, 11) is 1.67. The Labute approximate surface area is 206 Å². The van der Waals surface area contributed by atoms with E-state index in [2.05, 4.69) is 12.2 Å². The predicted octanol–water partition coefficient (Wildman–Crippen LogP) is 3.84. The van der Waals surface area contributed by atoms with Gasteiger partial charge in [0.15, 0.2) is 5.78 Å². The van der Waals surface area contributed by atoms with Gasteiger partial charge in [0.05, 0.1) is 13.1 Å². The number of ketones is 1. The molecule has 0 spiro atoms. The molecule has 1 heterocycles. The number of hydrogen-bond donors (Lipinski definition) is 1. The molecule has 0 radical (unpaired) electrons. The van der Waals surface area contributed by atoms with E-state index in [-0.39, 0.29) is 36.5 Å². The van der Waals surface area contributed by atoms with Gasteiger partial charge in [0, 0.05) is 43.5 Å². The molecule has 1 N–H and O–H groups in total. The third kappa shape index (κ3) is 6.66. The number of fused-ring (bicyclic) bond motifs is 1. The summed E-state index contributed by atoms with van der Waals surface area (Å²) in [6.45, 7) is 6.80. The Bertz CT molecular complexity index is 1090. The van der Waals surface area contributed by atoms with E-state index < -0.39 is 0 Å². The number of unbranched alkanes of at least 4 members (excludes halogenated alkanes) is 2. The molecule has 2 aromatic carbocycles. The molecule has 2 amide bonds. The first-order valence-corrected chi connectivity index (χ1v) is 12.1. The number of hydrazine groups is 1. The number of benzene rings is 2. The number of rotatable bonds is 11. The smallest absolute Gasteiger partial charge is 0.256 e. The summed E-state index contributed by atoms with van der Waals surface area (Å²) >= 11 is 0. The third-order valence-corrected chi connectivity index (χ3v) is 6.40. The van der Waals surface area contributed by atoms with Crippen molar-refractivity contribution in [2.45, 2.75) is 53.1 Å². The molecule has 0 aromatic heterocycles. The maximum atomic E-state index is 14.2. The number of carbonyl (C=O) groups excluding carboxylic acids is 3. The Morgan fingerprint density at radius 2 is 1.86 bits per heavy atom. The highest BCUT2D eigenvalue weighted by molar-refractivity contribution is 5.95. The first kappa shape index (κ1) is 26.3. The first-order chi connectivity index (χ1) is 16.7. The molecule has 1 aliphatic rings. The summed E-state index contributed by atoms with van der Waals surface area (Å²) in [5, 5.41) is 6.23. The van der Waals surface area contributed by atoms with Gasteiger partial charge in [-0.3, -0.25) is 19.4 Å². The van der Waals surface area contributed by atoms with Gasteiger partial charge >= 0.3 is 0 Å². The van der Waals surface area contributed by atoms with Crippen molar-refractivity contribution in [1.29, 1.82) is 0 Å². The fourth-order valence-corrected chi connectivity index (χ4v) is 4.29. The number of amides is 2. The van der Waals surface area contributed by atoms with E-state index in [0.29, 0.717) is 30.8 Å². The number of nitrogens with zero attached hydrogens (tertiary/aromatic N) is 3. The maximum Gasteiger partial charge on any atom is 0.256 e. The normalized spacial score (nSPS) is 12.8. The average Bonchev–Trinajstić information content (AvgIpc) is 3.26. The Morgan fingerprint density at radius 3 is 2.51 bits per heavy atom. The van der Waals surface area contributed by atoms with Crippen LogP contribution in [0.4, 0.5) is 10.1 Å². The van der Waals surface area contributed by atoms with Crippen LogP contribution in [0, 0.1) is 12.7 Å². The van der Waals surface area contributed by atoms with Crippen molar-refractivity contribution in [3.63, 3.8) is 0 Å². The largest absolute Gasteiger partial charge is 0.355 e. The van der Waals surface area contributed by atoms with Crippen molar-refractivity contribution in [3.8, 4) is 0 Å². The topological polar surface area (TPSA) is 73.0 Å². The van der Waals surface area contributed by atoms with Crippen LogP contribution in [-0.2, 0) is 22.7 Å². The first-order valence-electron chi connectivity index (χ1n) is 12.1. The van der Waals surface area contributed by atoms with Crippen LogP contribution in [-0.4, -0.2) is 54.3 Å². The molecule has 8 heteroatoms. The van der Waals surface area contributed by atoms with Crippen LogP contribution in [0.5, 0.6) is 0 Å². The van der Waals surface area contributed by atoms with Crippen LogP contribution in [0.3, 0.4) is 0 Å². The van der Waals surface area contributed by atoms with Crippen molar-refractivity contribution in [2.75, 3.05) is 31.6 Å². The minimum Gasteiger partial charge on any atom is -0.355 e. The second-order valence-electron chi connectivity index (χ2n) is 9.09. The predicted molar refractivity (Wildman–Crippen MR) is 134 cm³/mol. The summed E-state index contributed by atoms with van der Waals surface area (Å²) in [5.74, 6) is -0.695. The summed E-state index contributed by atoms with van der Waals surface area (Å²) in [6, 6.07) is 10.2. The molecule has 0 saturated heterocycles. The summed E-state index contributed by atoms with van der Waals surface area (Å²) in [4.78, 5) is 39.5. The van der Waals surface area contributed by atoms with Gasteiger partial charge in [-0.15, -0.1) is 0 Å². The van der Waals surface area contributed by atoms with Gasteiger partial charge in [-0.1, -0.05) is 31.9 Å². The molecule has 0 saturated carbocycles. The Morgan fingerprint density at radius 1 is 1.09 bits per heavy atom. The monoisotopic (exact) mass is 482 g/mol. The molecule has 188 valence electrons. The number of carbonyl (C=O) groups is 3. The molecular formula is C27H35FN4O3. The van der Waals surface area contributed by atoms with E-state index in [0.717, 1.165) is 36.1 Å². The molecule has 0 aliphatic carbocycles. The van der Waals surface area contributed by atoms with Crippen molar-refractivity contribution in [3.05, 3.63) is 64.5 Å². The van der Waals surface area contributed by atoms with Crippen LogP contribution in [0.15, 0.2) is 36.4 Å². The SMILES string of the molecule is CCCCCNC(=O)CN(CC(=O)N(C)N1Cc2cccc(F)c2C1)c1ccc(C(C)=O)cc1C. The molecule has 0 fully saturated rings. The Balaban J connectivity index is 1.74. The van der Waals surface area contributed by atoms with E-state index in [9.17, 15) is 18.8 Å². The molecule has 7 nitrogen and oxygen atoms in total. The Kier molecular flexibility index (Phi) is 8.98. The van der Waals surface area contributed by atoms with E-state index in [1.54, 1.807) is 41.2 Å². The zero-order valence-electron chi connectivity index (χ0n) is 21.1. The van der Waals surface area contributed by atoms with Gasteiger partial charge in [0.25, 0.3) is 5.91 Å². The molecule has 0 bridgehead atoms. The van der Waals surface area contributed by atoms with Gasteiger partial charge in [0.2, 0.25) is 5.91 Å². The van der Waals surface area contributed by atoms with Gasteiger partial charge in [0.1, 0.15) is 5.82 Å². The van der Waals surface area contributed by atoms with Gasteiger partial charge in [-0.2, -0.15) is 0 Å². The molecule has 1 aliphatic heterocycles. The molecule has 3 rings (SSSR count). The van der Waals surface area contributed by atoms with Crippen molar-refractivity contribution >= 4 is 23.3 Å². The van der Waals surface area contributed by atoms with Crippen LogP contribution in [0.1, 0.15) is 60.2 Å². The maximum absolute atomic E-state index is 14.2. The lowest BCUT2D eigenvalue weighted by Gasteiger charge is -2.32. The summed E-state index contributed by atoms with van der Waals surface area (Å²) in [5.41, 5.74) is 3.57. The van der Waals surface area contributed by atoms with E-state index in [1.807, 2.05) is 13.0 Å². The van der Waals surface area contributed by atoms with Crippen molar-refractivity contribution in [1.82, 2.24) is 15.3 Å². The van der Waals surface area contributed by atoms with Crippen LogP contribution in [0.2, 0.25) is 0 Å². The number of halogens is 1. The summed E-state index contributed by atoms with van der Waals surface area (Å²) < 4.78 is 14.2. The van der Waals surface area contributed by atoms with E-state index >= 15 is 0 Å². The Hall–Kier alpha value is -3.26. The average molecular weight is 483 g/mol. The number of hydrogen-bond acceptors (Lipinski definition) is 5. The quantitative estimate of drug-likeness (QED) is 0.389. The number of nitrogens with one attached hydrogen (secondary N) is 1. The van der Waals surface area contributed by atoms with Crippen LogP contribution in [0.25, 0.3) is 0 Å². The lowest BCUT2D eigenvalue weighted by molar-refractivity contribution is -0.145. The highest BCUT2D eigenvalue weighted by Gasteiger charge is 2.28. The standard InChI is InChI=1S/C27H35FN4O3/c1-5-6-7-13-29-26(34)17-31(25-12-11-21(20(3)33)14-19(25)2)18-27(35)30(4)32-15-22-9-8-10-24(28)23(22)16-32/h8-12,14H,5-7,13,15-18H2,1-4H3,(H,29,34). The van der Waals surface area contributed by atoms with Gasteiger partial charge < -0.3 is 10.2 Å². The second kappa shape index (κ2) is 11.9. The summed E-state index contributed by atoms with van der Waals surface area (Å²) in [6.07, 6.45) is 3.01. The van der Waals surface area contributed by atoms with Gasteiger partial charge in [-0.05, 0) is 55.7 Å². The fraction of sp³-hybridized carbons (Fsp3) is 0.444. The van der Waals surface area contributed by atoms with Crippen molar-refractivity contribution in [2.24, 2.45) is 0 Å². The second-order valence-corrected chi connectivity index (χ2v) is 9.09. The molecular weight excluding hydrogens is 447 g/mol. The number of Topliss-reactive ketones (excluding diaryl/α,β-unsaturated/α-hetero) is 1. The highest BCUT2D eigenvalue weighted by atomic mass is 19.1. The molecule has 35 heavy (non-hydrogen) atoms. The number of aryl methyl sites for hydroxylation is 1. The fourth-order valence-electron chi connectivity index (χ4n) is 4.29. The lowest BCUT2D eigenvalue weighted by atomic mass is 10.1. The van der Waals surface area contributed by atoms with Crippen LogP contribution >= 0.6 is 0 Å². The highest BCUT2D eigenvalue weighted by Crippen LogP contribution is 2.27. The molecule has 2 aromatic rings. The minimum absolute atomic E-state index is 0.0147. The number of likely N-dealkylation sites (N-methyl/N-ethyl adjacent to an activating group) is 1. The van der Waals surface area contributed by atoms with Crippen LogP contribution < -0.4 is 10.2 Å². The van der Waals surface area contributed by atoms with Crippen molar-refractivity contribution < 1.29 is 18.8 Å². The lowest BCUT2D eigenvalue weighted by Crippen LogP contribution is -2.48. The zero-order chi connectivity index (χ0) is 25.5. The third-order valence-electron chi connectivity index (χ3n) is 6.40. The van der Waals surface area contributed by atoms with E-state index in [1.165, 1.54) is 18.0 Å². The molecule has 0 atom stereocenters. The van der Waals surface area contributed by atoms with E-state index in [4.69, 9.17) is 0 Å². The van der Waals surface area contributed by atoms with Gasteiger partial charge in [-0.25, -0.2) is 9.40 Å². The molecule has 0 unspecified atom stereocenters. The minimum atomic E-state index is -0.270.